The Morgan fingerprint density at radius 1 is 1.28 bits per heavy atom. The van der Waals surface area contributed by atoms with Crippen LogP contribution in [0.15, 0.2) is 41.6 Å². The molecule has 1 aliphatic heterocycles. The molecule has 2 N–H and O–H groups in total. The maximum Gasteiger partial charge on any atom is 0.319 e. The van der Waals surface area contributed by atoms with E-state index < -0.39 is 0 Å². The number of urea groups is 1. The molecule has 2 amide bonds. The molecule has 0 saturated heterocycles. The van der Waals surface area contributed by atoms with Crippen molar-refractivity contribution in [2.45, 2.75) is 26.3 Å². The number of Topliss-reactive ketones (excluding diaryl/α,β-unsaturated/α-hetero) is 1. The molecule has 0 saturated carbocycles. The van der Waals surface area contributed by atoms with Gasteiger partial charge in [0.2, 0.25) is 0 Å². The predicted molar refractivity (Wildman–Crippen MR) is 68.8 cm³/mol. The van der Waals surface area contributed by atoms with Crippen molar-refractivity contribution in [1.29, 1.82) is 0 Å². The summed E-state index contributed by atoms with van der Waals surface area (Å²) in [4.78, 5) is 23.6. The van der Waals surface area contributed by atoms with Crippen molar-refractivity contribution in [1.82, 2.24) is 10.6 Å². The molecule has 4 nitrogen and oxygen atoms in total. The number of carbonyl (C=O) groups excluding carboxylic acids is 2. The average Bonchev–Trinajstić information content (AvgIpc) is 2.38. The largest absolute Gasteiger partial charge is 0.327 e. The molecule has 0 aliphatic carbocycles. The molecule has 1 aromatic carbocycles. The molecule has 94 valence electrons. The van der Waals surface area contributed by atoms with Crippen LogP contribution in [0.25, 0.3) is 0 Å². The van der Waals surface area contributed by atoms with E-state index in [1.54, 1.807) is 6.92 Å². The molecule has 0 spiro atoms. The number of rotatable bonds is 3. The molecule has 0 fully saturated rings. The summed E-state index contributed by atoms with van der Waals surface area (Å²) in [5, 5.41) is 5.45. The zero-order valence-corrected chi connectivity index (χ0v) is 10.5. The summed E-state index contributed by atoms with van der Waals surface area (Å²) in [6.07, 6.45) is 0.424. The highest BCUT2D eigenvalue weighted by Crippen LogP contribution is 2.27. The average molecular weight is 244 g/mol. The highest BCUT2D eigenvalue weighted by molar-refractivity contribution is 5.99. The molecule has 1 heterocycles. The first-order valence-corrected chi connectivity index (χ1v) is 6.00. The van der Waals surface area contributed by atoms with E-state index in [-0.39, 0.29) is 17.9 Å². The van der Waals surface area contributed by atoms with Crippen molar-refractivity contribution in [3.8, 4) is 0 Å². The molecule has 1 aromatic rings. The predicted octanol–water partition coefficient (Wildman–Crippen LogP) is 2.29. The maximum absolute atomic E-state index is 12.0. The van der Waals surface area contributed by atoms with Crippen LogP contribution in [0.2, 0.25) is 0 Å². The van der Waals surface area contributed by atoms with Gasteiger partial charge in [0.1, 0.15) is 0 Å². The molecule has 1 atom stereocenters. The van der Waals surface area contributed by atoms with E-state index in [4.69, 9.17) is 0 Å². The summed E-state index contributed by atoms with van der Waals surface area (Å²) < 4.78 is 0. The van der Waals surface area contributed by atoms with Crippen LogP contribution >= 0.6 is 0 Å². The second kappa shape index (κ2) is 5.04. The smallest absolute Gasteiger partial charge is 0.319 e. The van der Waals surface area contributed by atoms with Gasteiger partial charge >= 0.3 is 6.03 Å². The van der Waals surface area contributed by atoms with E-state index >= 15 is 0 Å². The number of amides is 2. The van der Waals surface area contributed by atoms with Crippen LogP contribution in [0.3, 0.4) is 0 Å². The molecule has 1 aliphatic rings. The van der Waals surface area contributed by atoms with Gasteiger partial charge in [0.15, 0.2) is 5.78 Å². The zero-order chi connectivity index (χ0) is 13.1. The van der Waals surface area contributed by atoms with E-state index in [0.717, 1.165) is 5.56 Å². The molecular weight excluding hydrogens is 228 g/mol. The van der Waals surface area contributed by atoms with E-state index in [1.165, 1.54) is 0 Å². The van der Waals surface area contributed by atoms with Crippen LogP contribution in [0.4, 0.5) is 4.79 Å². The summed E-state index contributed by atoms with van der Waals surface area (Å²) in [6.45, 7) is 3.58. The first kappa shape index (κ1) is 12.4. The minimum Gasteiger partial charge on any atom is -0.327 e. The molecule has 18 heavy (non-hydrogen) atoms. The van der Waals surface area contributed by atoms with Gasteiger partial charge in [0, 0.05) is 17.7 Å². The van der Waals surface area contributed by atoms with Gasteiger partial charge in [-0.3, -0.25) is 4.79 Å². The zero-order valence-electron chi connectivity index (χ0n) is 10.5. The normalized spacial score (nSPS) is 19.2. The van der Waals surface area contributed by atoms with Crippen LogP contribution < -0.4 is 10.6 Å². The molecule has 0 aromatic heterocycles. The number of benzene rings is 1. The van der Waals surface area contributed by atoms with Gasteiger partial charge in [0.05, 0.1) is 6.04 Å². The third kappa shape index (κ3) is 2.27. The van der Waals surface area contributed by atoms with Crippen molar-refractivity contribution >= 4 is 11.8 Å². The third-order valence-electron chi connectivity index (χ3n) is 3.02. The van der Waals surface area contributed by atoms with E-state index in [0.29, 0.717) is 17.7 Å². The minimum absolute atomic E-state index is 0.0499. The monoisotopic (exact) mass is 244 g/mol. The van der Waals surface area contributed by atoms with E-state index in [1.807, 2.05) is 37.3 Å². The van der Waals surface area contributed by atoms with Crippen LogP contribution in [0.1, 0.15) is 31.9 Å². The molecule has 4 heteroatoms. The first-order valence-electron chi connectivity index (χ1n) is 6.00. The van der Waals surface area contributed by atoms with Gasteiger partial charge in [-0.1, -0.05) is 37.3 Å². The van der Waals surface area contributed by atoms with Crippen molar-refractivity contribution in [3.05, 3.63) is 47.2 Å². The molecule has 0 bridgehead atoms. The number of ketones is 1. The molecular formula is C14H16N2O2. The van der Waals surface area contributed by atoms with Gasteiger partial charge < -0.3 is 10.6 Å². The fourth-order valence-electron chi connectivity index (χ4n) is 2.15. The lowest BCUT2D eigenvalue weighted by Crippen LogP contribution is -2.45. The quantitative estimate of drug-likeness (QED) is 0.857. The number of hydrogen-bond acceptors (Lipinski definition) is 2. The first-order chi connectivity index (χ1) is 8.63. The second-order valence-corrected chi connectivity index (χ2v) is 4.26. The van der Waals surface area contributed by atoms with E-state index in [2.05, 4.69) is 10.6 Å². The Morgan fingerprint density at radius 3 is 2.56 bits per heavy atom. The Bertz CT molecular complexity index is 506. The van der Waals surface area contributed by atoms with Crippen LogP contribution in [0, 0.1) is 0 Å². The van der Waals surface area contributed by atoms with E-state index in [9.17, 15) is 9.59 Å². The topological polar surface area (TPSA) is 58.2 Å². The highest BCUT2D eigenvalue weighted by Gasteiger charge is 2.29. The van der Waals surface area contributed by atoms with Crippen molar-refractivity contribution in [2.75, 3.05) is 0 Å². The molecule has 2 rings (SSSR count). The lowest BCUT2D eigenvalue weighted by Gasteiger charge is -2.28. The van der Waals surface area contributed by atoms with Crippen LogP contribution in [0.5, 0.6) is 0 Å². The molecule has 0 radical (unpaired) electrons. The Hall–Kier alpha value is -2.10. The summed E-state index contributed by atoms with van der Waals surface area (Å²) in [6, 6.07) is 8.89. The Morgan fingerprint density at radius 2 is 1.94 bits per heavy atom. The maximum atomic E-state index is 12.0. The van der Waals surface area contributed by atoms with Crippen molar-refractivity contribution in [3.63, 3.8) is 0 Å². The van der Waals surface area contributed by atoms with Gasteiger partial charge in [-0.15, -0.1) is 0 Å². The highest BCUT2D eigenvalue weighted by atomic mass is 16.2. The number of hydrogen-bond donors (Lipinski definition) is 2. The summed E-state index contributed by atoms with van der Waals surface area (Å²) in [5.41, 5.74) is 2.20. The van der Waals surface area contributed by atoms with Gasteiger partial charge in [-0.05, 0) is 12.5 Å². The summed E-state index contributed by atoms with van der Waals surface area (Å²) in [7, 11) is 0. The Kier molecular flexibility index (Phi) is 3.46. The minimum atomic E-state index is -0.354. The Labute approximate surface area is 106 Å². The fourth-order valence-corrected chi connectivity index (χ4v) is 2.15. The third-order valence-corrected chi connectivity index (χ3v) is 3.02. The Balaban J connectivity index is 2.46. The van der Waals surface area contributed by atoms with Crippen molar-refractivity contribution < 1.29 is 9.59 Å². The van der Waals surface area contributed by atoms with Crippen LogP contribution in [-0.2, 0) is 4.79 Å². The summed E-state index contributed by atoms with van der Waals surface area (Å²) in [5.74, 6) is 0.0499. The number of carbonyl (C=O) groups is 2. The number of nitrogens with one attached hydrogen (secondary N) is 2. The second-order valence-electron chi connectivity index (χ2n) is 4.26. The number of allylic oxidation sites excluding steroid dienone is 1. The summed E-state index contributed by atoms with van der Waals surface area (Å²) >= 11 is 0. The molecule has 1 unspecified atom stereocenters. The van der Waals surface area contributed by atoms with Crippen LogP contribution in [-0.4, -0.2) is 11.8 Å². The SMILES string of the molecule is CCC(=O)C1=C(C)NC(=O)NC1c1ccccc1. The lowest BCUT2D eigenvalue weighted by molar-refractivity contribution is -0.115. The van der Waals surface area contributed by atoms with Gasteiger partial charge in [-0.2, -0.15) is 0 Å². The fraction of sp³-hybridized carbons (Fsp3) is 0.286. The van der Waals surface area contributed by atoms with Crippen molar-refractivity contribution in [2.24, 2.45) is 0 Å². The lowest BCUT2D eigenvalue weighted by atomic mass is 9.92. The standard InChI is InChI=1S/C14H16N2O2/c1-3-11(17)12-9(2)15-14(18)16-13(12)10-7-5-4-6-8-10/h4-8,13H,3H2,1-2H3,(H2,15,16,18). The van der Waals surface area contributed by atoms with Gasteiger partial charge in [-0.25, -0.2) is 4.79 Å². The van der Waals surface area contributed by atoms with Gasteiger partial charge in [0.25, 0.3) is 0 Å².